The predicted molar refractivity (Wildman–Crippen MR) is 59.2 cm³/mol. The van der Waals surface area contributed by atoms with E-state index in [4.69, 9.17) is 0 Å². The van der Waals surface area contributed by atoms with Crippen LogP contribution < -0.4 is 5.32 Å². The molecule has 1 fully saturated rings. The fraction of sp³-hybridized carbons (Fsp3) is 0.545. The average Bonchev–Trinajstić information content (AvgIpc) is 2.91. The van der Waals surface area contributed by atoms with Gasteiger partial charge in [-0.1, -0.05) is 6.08 Å². The second kappa shape index (κ2) is 3.17. The van der Waals surface area contributed by atoms with Crippen molar-refractivity contribution in [1.82, 2.24) is 9.69 Å². The lowest BCUT2D eigenvalue weighted by Crippen LogP contribution is -2.18. The summed E-state index contributed by atoms with van der Waals surface area (Å²) in [6.45, 7) is 2.36. The zero-order chi connectivity index (χ0) is 9.43. The molecule has 1 spiro atoms. The number of nitrogens with one attached hydrogen (secondary N) is 1. The standard InChI is InChI=1S/C11H14N2S/c1-3-11(4-6-12-8-11)7-9(1)10-2-5-13-14-10/h2,5,7,12H,1,3-4,6,8H2. The van der Waals surface area contributed by atoms with Crippen molar-refractivity contribution in [2.24, 2.45) is 5.41 Å². The van der Waals surface area contributed by atoms with Crippen LogP contribution in [0.1, 0.15) is 24.1 Å². The van der Waals surface area contributed by atoms with E-state index in [0.717, 1.165) is 0 Å². The largest absolute Gasteiger partial charge is 0.316 e. The maximum absolute atomic E-state index is 4.17. The van der Waals surface area contributed by atoms with Gasteiger partial charge in [0.15, 0.2) is 0 Å². The Kier molecular flexibility index (Phi) is 1.96. The van der Waals surface area contributed by atoms with Gasteiger partial charge in [0.05, 0.1) is 4.88 Å². The van der Waals surface area contributed by atoms with E-state index in [-0.39, 0.29) is 0 Å². The van der Waals surface area contributed by atoms with E-state index in [1.54, 1.807) is 11.5 Å². The topological polar surface area (TPSA) is 24.9 Å². The minimum Gasteiger partial charge on any atom is -0.316 e. The first kappa shape index (κ1) is 8.62. The fourth-order valence-electron chi connectivity index (χ4n) is 2.57. The lowest BCUT2D eigenvalue weighted by atomic mass is 9.87. The average molecular weight is 206 g/mol. The molecule has 14 heavy (non-hydrogen) atoms. The molecule has 0 bridgehead atoms. The summed E-state index contributed by atoms with van der Waals surface area (Å²) < 4.78 is 4.17. The Morgan fingerprint density at radius 3 is 3.14 bits per heavy atom. The molecule has 2 nitrogen and oxygen atoms in total. The van der Waals surface area contributed by atoms with Gasteiger partial charge in [0.25, 0.3) is 0 Å². The molecule has 1 aromatic rings. The highest BCUT2D eigenvalue weighted by atomic mass is 32.1. The van der Waals surface area contributed by atoms with Crippen LogP contribution in [0.3, 0.4) is 0 Å². The van der Waals surface area contributed by atoms with Crippen molar-refractivity contribution in [2.75, 3.05) is 13.1 Å². The van der Waals surface area contributed by atoms with Gasteiger partial charge >= 0.3 is 0 Å². The van der Waals surface area contributed by atoms with E-state index in [1.165, 1.54) is 42.8 Å². The number of aromatic nitrogens is 1. The van der Waals surface area contributed by atoms with Crippen LogP contribution in [0.2, 0.25) is 0 Å². The summed E-state index contributed by atoms with van der Waals surface area (Å²) >= 11 is 1.62. The van der Waals surface area contributed by atoms with Gasteiger partial charge in [0, 0.05) is 18.2 Å². The van der Waals surface area contributed by atoms with Crippen molar-refractivity contribution in [2.45, 2.75) is 19.3 Å². The molecule has 2 aliphatic rings. The quantitative estimate of drug-likeness (QED) is 0.762. The third-order valence-electron chi connectivity index (χ3n) is 3.40. The molecular weight excluding hydrogens is 192 g/mol. The van der Waals surface area contributed by atoms with Crippen LogP contribution >= 0.6 is 11.5 Å². The molecule has 1 aliphatic carbocycles. The van der Waals surface area contributed by atoms with E-state index in [1.807, 2.05) is 6.20 Å². The van der Waals surface area contributed by atoms with Crippen molar-refractivity contribution < 1.29 is 0 Å². The Bertz CT molecular complexity index is 347. The van der Waals surface area contributed by atoms with Crippen LogP contribution in [0.15, 0.2) is 18.3 Å². The SMILES string of the molecule is C1=C(c2ccns2)CCC12CCNC2. The summed E-state index contributed by atoms with van der Waals surface area (Å²) in [6.07, 6.45) is 8.28. The smallest absolute Gasteiger partial charge is 0.0506 e. The summed E-state index contributed by atoms with van der Waals surface area (Å²) in [5.41, 5.74) is 2.01. The highest BCUT2D eigenvalue weighted by molar-refractivity contribution is 7.06. The molecule has 3 rings (SSSR count). The van der Waals surface area contributed by atoms with E-state index >= 15 is 0 Å². The van der Waals surface area contributed by atoms with Gasteiger partial charge in [-0.25, -0.2) is 4.37 Å². The zero-order valence-corrected chi connectivity index (χ0v) is 8.94. The Hall–Kier alpha value is -0.670. The summed E-state index contributed by atoms with van der Waals surface area (Å²) in [5.74, 6) is 0. The molecule has 1 unspecified atom stereocenters. The fourth-order valence-corrected chi connectivity index (χ4v) is 3.21. The van der Waals surface area contributed by atoms with Gasteiger partial charge in [-0.2, -0.15) is 0 Å². The van der Waals surface area contributed by atoms with Crippen molar-refractivity contribution in [3.8, 4) is 0 Å². The van der Waals surface area contributed by atoms with Crippen LogP contribution in [0, 0.1) is 5.41 Å². The summed E-state index contributed by atoms with van der Waals surface area (Å²) in [4.78, 5) is 1.37. The summed E-state index contributed by atoms with van der Waals surface area (Å²) in [5, 5.41) is 3.46. The Balaban J connectivity index is 1.90. The van der Waals surface area contributed by atoms with Gasteiger partial charge in [-0.05, 0) is 49.0 Å². The van der Waals surface area contributed by atoms with Crippen molar-refractivity contribution in [3.05, 3.63) is 23.2 Å². The monoisotopic (exact) mass is 206 g/mol. The third kappa shape index (κ3) is 1.31. The lowest BCUT2D eigenvalue weighted by Gasteiger charge is -2.17. The van der Waals surface area contributed by atoms with Gasteiger partial charge < -0.3 is 5.32 Å². The maximum atomic E-state index is 4.17. The number of hydrogen-bond acceptors (Lipinski definition) is 3. The predicted octanol–water partition coefficient (Wildman–Crippen LogP) is 2.30. The number of allylic oxidation sites excluding steroid dienone is 1. The minimum atomic E-state index is 0.485. The first-order valence-electron chi connectivity index (χ1n) is 5.22. The first-order valence-corrected chi connectivity index (χ1v) is 5.99. The Labute approximate surface area is 88.2 Å². The van der Waals surface area contributed by atoms with Gasteiger partial charge in [-0.3, -0.25) is 0 Å². The van der Waals surface area contributed by atoms with Crippen LogP contribution in [0.5, 0.6) is 0 Å². The molecule has 1 aromatic heterocycles. The molecule has 1 aliphatic heterocycles. The highest BCUT2D eigenvalue weighted by Gasteiger charge is 2.36. The molecule has 3 heteroatoms. The summed E-state index contributed by atoms with van der Waals surface area (Å²) in [7, 11) is 0. The van der Waals surface area contributed by atoms with Crippen LogP contribution in [0.25, 0.3) is 5.57 Å². The summed E-state index contributed by atoms with van der Waals surface area (Å²) in [6, 6.07) is 2.14. The number of hydrogen-bond donors (Lipinski definition) is 1. The van der Waals surface area contributed by atoms with Crippen molar-refractivity contribution in [1.29, 1.82) is 0 Å². The number of rotatable bonds is 1. The van der Waals surface area contributed by atoms with E-state index < -0.39 is 0 Å². The van der Waals surface area contributed by atoms with Crippen LogP contribution in [-0.2, 0) is 0 Å². The molecule has 1 atom stereocenters. The molecule has 74 valence electrons. The van der Waals surface area contributed by atoms with E-state index in [2.05, 4.69) is 21.8 Å². The normalized spacial score (nSPS) is 31.3. The third-order valence-corrected chi connectivity index (χ3v) is 4.23. The molecular formula is C11H14N2S. The van der Waals surface area contributed by atoms with E-state index in [0.29, 0.717) is 5.41 Å². The van der Waals surface area contributed by atoms with Crippen molar-refractivity contribution in [3.63, 3.8) is 0 Å². The molecule has 1 N–H and O–H groups in total. The zero-order valence-electron chi connectivity index (χ0n) is 8.12. The molecule has 0 aromatic carbocycles. The van der Waals surface area contributed by atoms with Crippen LogP contribution in [-0.4, -0.2) is 17.5 Å². The van der Waals surface area contributed by atoms with Gasteiger partial charge in [-0.15, -0.1) is 0 Å². The van der Waals surface area contributed by atoms with Crippen molar-refractivity contribution >= 4 is 17.1 Å². The van der Waals surface area contributed by atoms with Crippen LogP contribution in [0.4, 0.5) is 0 Å². The molecule has 0 amide bonds. The number of nitrogens with zero attached hydrogens (tertiary/aromatic N) is 1. The first-order chi connectivity index (χ1) is 6.88. The molecule has 0 radical (unpaired) electrons. The molecule has 2 heterocycles. The molecule has 1 saturated heterocycles. The second-order valence-electron chi connectivity index (χ2n) is 4.34. The Morgan fingerprint density at radius 1 is 1.43 bits per heavy atom. The molecule has 0 saturated carbocycles. The minimum absolute atomic E-state index is 0.485. The Morgan fingerprint density at radius 2 is 2.43 bits per heavy atom. The maximum Gasteiger partial charge on any atom is 0.0506 e. The highest BCUT2D eigenvalue weighted by Crippen LogP contribution is 2.44. The van der Waals surface area contributed by atoms with E-state index in [9.17, 15) is 0 Å². The lowest BCUT2D eigenvalue weighted by molar-refractivity contribution is 0.419. The van der Waals surface area contributed by atoms with Gasteiger partial charge in [0.2, 0.25) is 0 Å². The second-order valence-corrected chi connectivity index (χ2v) is 5.17. The van der Waals surface area contributed by atoms with Gasteiger partial charge in [0.1, 0.15) is 0 Å².